The van der Waals surface area contributed by atoms with Gasteiger partial charge in [-0.3, -0.25) is 9.69 Å². The first-order valence-corrected chi connectivity index (χ1v) is 9.37. The number of rotatable bonds is 7. The van der Waals surface area contributed by atoms with E-state index in [0.717, 1.165) is 29.6 Å². The third kappa shape index (κ3) is 3.44. The summed E-state index contributed by atoms with van der Waals surface area (Å²) in [7, 11) is 0. The third-order valence-electron chi connectivity index (χ3n) is 5.98. The molecule has 1 saturated heterocycles. The first-order chi connectivity index (χ1) is 12.5. The van der Waals surface area contributed by atoms with E-state index in [2.05, 4.69) is 9.88 Å². The molecule has 2 aromatic rings. The molecule has 2 fully saturated rings. The van der Waals surface area contributed by atoms with Crippen LogP contribution in [0.5, 0.6) is 5.75 Å². The molecule has 0 bridgehead atoms. The SMILES string of the molecule is O=C(O)CC1CC2(CCC2)CN1CC(O)COc1cccc2[nH]ccc12. The molecule has 0 amide bonds. The highest BCUT2D eigenvalue weighted by molar-refractivity contribution is 5.85. The van der Waals surface area contributed by atoms with E-state index in [-0.39, 0.29) is 24.5 Å². The number of aliphatic hydroxyl groups excluding tert-OH is 1. The van der Waals surface area contributed by atoms with Crippen molar-refractivity contribution in [2.45, 2.75) is 44.2 Å². The van der Waals surface area contributed by atoms with Gasteiger partial charge >= 0.3 is 5.97 Å². The quantitative estimate of drug-likeness (QED) is 0.708. The fourth-order valence-corrected chi connectivity index (χ4v) is 4.60. The first-order valence-electron chi connectivity index (χ1n) is 9.37. The number of hydrogen-bond donors (Lipinski definition) is 3. The molecule has 3 N–H and O–H groups in total. The Hall–Kier alpha value is -2.05. The Labute approximate surface area is 152 Å². The van der Waals surface area contributed by atoms with Gasteiger partial charge in [-0.1, -0.05) is 12.5 Å². The summed E-state index contributed by atoms with van der Waals surface area (Å²) >= 11 is 0. The Morgan fingerprint density at radius 1 is 1.38 bits per heavy atom. The maximum absolute atomic E-state index is 11.2. The lowest BCUT2D eigenvalue weighted by atomic mass is 9.67. The lowest BCUT2D eigenvalue weighted by Crippen LogP contribution is -2.41. The van der Waals surface area contributed by atoms with E-state index in [1.54, 1.807) is 0 Å². The fourth-order valence-electron chi connectivity index (χ4n) is 4.60. The number of carbonyl (C=O) groups is 1. The second-order valence-corrected chi connectivity index (χ2v) is 7.90. The van der Waals surface area contributed by atoms with Gasteiger partial charge in [0.25, 0.3) is 0 Å². The Bertz CT molecular complexity index is 783. The lowest BCUT2D eigenvalue weighted by molar-refractivity contribution is -0.138. The van der Waals surface area contributed by atoms with Crippen LogP contribution in [0, 0.1) is 5.41 Å². The van der Waals surface area contributed by atoms with Crippen LogP contribution in [0.25, 0.3) is 10.9 Å². The summed E-state index contributed by atoms with van der Waals surface area (Å²) in [5, 5.41) is 20.7. The number of aromatic amines is 1. The number of β-amino-alcohol motifs (C(OH)–C–C–N with tert-alkyl or cyclic N) is 1. The average molecular weight is 358 g/mol. The second-order valence-electron chi connectivity index (χ2n) is 7.90. The minimum atomic E-state index is -0.763. The Kier molecular flexibility index (Phi) is 4.63. The molecule has 2 heterocycles. The molecule has 1 aliphatic heterocycles. The molecule has 2 aliphatic rings. The summed E-state index contributed by atoms with van der Waals surface area (Å²) in [5.41, 5.74) is 1.29. The van der Waals surface area contributed by atoms with E-state index in [1.807, 2.05) is 30.5 Å². The summed E-state index contributed by atoms with van der Waals surface area (Å²) in [6.07, 6.45) is 5.92. The number of carboxylic acids is 1. The summed E-state index contributed by atoms with van der Waals surface area (Å²) in [6.45, 7) is 1.56. The number of aliphatic carboxylic acids is 1. The van der Waals surface area contributed by atoms with Crippen molar-refractivity contribution in [2.24, 2.45) is 5.41 Å². The van der Waals surface area contributed by atoms with Crippen LogP contribution in [0.4, 0.5) is 0 Å². The Balaban J connectivity index is 1.36. The summed E-state index contributed by atoms with van der Waals surface area (Å²) in [4.78, 5) is 16.5. The van der Waals surface area contributed by atoms with Crippen molar-refractivity contribution in [3.8, 4) is 5.75 Å². The van der Waals surface area contributed by atoms with Gasteiger partial charge in [0.05, 0.1) is 6.42 Å². The first kappa shape index (κ1) is 17.4. The molecule has 6 nitrogen and oxygen atoms in total. The van der Waals surface area contributed by atoms with Gasteiger partial charge in [0.2, 0.25) is 0 Å². The largest absolute Gasteiger partial charge is 0.490 e. The summed E-state index contributed by atoms with van der Waals surface area (Å²) in [5.74, 6) is -0.0111. The monoisotopic (exact) mass is 358 g/mol. The number of nitrogens with zero attached hydrogens (tertiary/aromatic N) is 1. The summed E-state index contributed by atoms with van der Waals surface area (Å²) < 4.78 is 5.85. The van der Waals surface area contributed by atoms with E-state index in [1.165, 1.54) is 19.3 Å². The fraction of sp³-hybridized carbons (Fsp3) is 0.550. The smallest absolute Gasteiger partial charge is 0.304 e. The number of ether oxygens (including phenoxy) is 1. The lowest BCUT2D eigenvalue weighted by Gasteiger charge is -2.38. The van der Waals surface area contributed by atoms with Gasteiger partial charge in [-0.25, -0.2) is 0 Å². The zero-order chi connectivity index (χ0) is 18.1. The van der Waals surface area contributed by atoms with E-state index < -0.39 is 12.1 Å². The van der Waals surface area contributed by atoms with E-state index in [9.17, 15) is 15.0 Å². The normalized spacial score (nSPS) is 23.2. The molecule has 140 valence electrons. The van der Waals surface area contributed by atoms with Gasteiger partial charge in [-0.15, -0.1) is 0 Å². The van der Waals surface area contributed by atoms with Crippen molar-refractivity contribution in [1.82, 2.24) is 9.88 Å². The van der Waals surface area contributed by atoms with Crippen molar-refractivity contribution < 1.29 is 19.7 Å². The number of nitrogens with one attached hydrogen (secondary N) is 1. The number of fused-ring (bicyclic) bond motifs is 1. The zero-order valence-corrected chi connectivity index (χ0v) is 14.9. The van der Waals surface area contributed by atoms with Crippen LogP contribution in [0.15, 0.2) is 30.5 Å². The number of likely N-dealkylation sites (tertiary alicyclic amines) is 1. The third-order valence-corrected chi connectivity index (χ3v) is 5.98. The van der Waals surface area contributed by atoms with Gasteiger partial charge in [0.15, 0.2) is 0 Å². The average Bonchev–Trinajstić information content (AvgIpc) is 3.17. The zero-order valence-electron chi connectivity index (χ0n) is 14.9. The van der Waals surface area contributed by atoms with Crippen LogP contribution in [0.2, 0.25) is 0 Å². The molecule has 6 heteroatoms. The van der Waals surface area contributed by atoms with Crippen molar-refractivity contribution in [3.63, 3.8) is 0 Å². The number of benzene rings is 1. The van der Waals surface area contributed by atoms with Gasteiger partial charge in [-0.05, 0) is 42.9 Å². The number of aliphatic hydroxyl groups is 1. The topological polar surface area (TPSA) is 85.8 Å². The van der Waals surface area contributed by atoms with Gasteiger partial charge in [0.1, 0.15) is 18.5 Å². The molecule has 1 aromatic heterocycles. The molecule has 1 aromatic carbocycles. The van der Waals surface area contributed by atoms with E-state index in [4.69, 9.17) is 4.74 Å². The predicted octanol–water partition coefficient (Wildman–Crippen LogP) is 2.63. The molecule has 2 atom stereocenters. The molecule has 2 unspecified atom stereocenters. The molecular formula is C20H26N2O4. The highest BCUT2D eigenvalue weighted by atomic mass is 16.5. The minimum Gasteiger partial charge on any atom is -0.490 e. The van der Waals surface area contributed by atoms with Crippen LogP contribution in [0.3, 0.4) is 0 Å². The van der Waals surface area contributed by atoms with E-state index >= 15 is 0 Å². The van der Waals surface area contributed by atoms with Crippen molar-refractivity contribution >= 4 is 16.9 Å². The second kappa shape index (κ2) is 6.93. The molecule has 0 radical (unpaired) electrons. The molecule has 4 rings (SSSR count). The van der Waals surface area contributed by atoms with Crippen LogP contribution >= 0.6 is 0 Å². The van der Waals surface area contributed by atoms with Gasteiger partial charge < -0.3 is 19.9 Å². The Morgan fingerprint density at radius 2 is 2.23 bits per heavy atom. The highest BCUT2D eigenvalue weighted by Crippen LogP contribution is 2.50. The van der Waals surface area contributed by atoms with Crippen LogP contribution < -0.4 is 4.74 Å². The molecule has 1 spiro atoms. The van der Waals surface area contributed by atoms with Crippen LogP contribution in [-0.4, -0.2) is 57.9 Å². The van der Waals surface area contributed by atoms with Crippen molar-refractivity contribution in [3.05, 3.63) is 30.5 Å². The molecule has 26 heavy (non-hydrogen) atoms. The standard InChI is InChI=1S/C20H26N2O4/c23-15(12-26-18-4-1-3-17-16(18)5-8-21-17)11-22-13-20(6-2-7-20)10-14(22)9-19(24)25/h1,3-5,8,14-15,21,23H,2,6-7,9-13H2,(H,24,25). The van der Waals surface area contributed by atoms with Crippen molar-refractivity contribution in [1.29, 1.82) is 0 Å². The molecule has 1 saturated carbocycles. The highest BCUT2D eigenvalue weighted by Gasteiger charge is 2.48. The predicted molar refractivity (Wildman–Crippen MR) is 98.3 cm³/mol. The maximum Gasteiger partial charge on any atom is 0.304 e. The van der Waals surface area contributed by atoms with Crippen molar-refractivity contribution in [2.75, 3.05) is 19.7 Å². The summed E-state index contributed by atoms with van der Waals surface area (Å²) in [6, 6.07) is 7.79. The maximum atomic E-state index is 11.2. The minimum absolute atomic E-state index is 0.0237. The number of hydrogen-bond acceptors (Lipinski definition) is 4. The molecular weight excluding hydrogens is 332 g/mol. The van der Waals surface area contributed by atoms with E-state index in [0.29, 0.717) is 6.54 Å². The molecule has 1 aliphatic carbocycles. The number of aromatic nitrogens is 1. The van der Waals surface area contributed by atoms with Crippen LogP contribution in [0.1, 0.15) is 32.1 Å². The number of H-pyrrole nitrogens is 1. The van der Waals surface area contributed by atoms with Crippen LogP contribution in [-0.2, 0) is 4.79 Å². The van der Waals surface area contributed by atoms with Gasteiger partial charge in [-0.2, -0.15) is 0 Å². The Morgan fingerprint density at radius 3 is 2.96 bits per heavy atom. The number of carboxylic acid groups (broad SMARTS) is 1. The van der Waals surface area contributed by atoms with Gasteiger partial charge in [0, 0.05) is 36.2 Å².